The molecule has 0 unspecified atom stereocenters. The molecule has 0 amide bonds. The van der Waals surface area contributed by atoms with Gasteiger partial charge in [0.15, 0.2) is 50.3 Å². The largest absolute Gasteiger partial charge is 0.394 e. The number of carbonyl (C=O) groups excluding carboxylic acids is 1. The van der Waals surface area contributed by atoms with E-state index in [0.717, 1.165) is 7.11 Å². The van der Waals surface area contributed by atoms with E-state index in [9.17, 15) is 107 Å². The van der Waals surface area contributed by atoms with Crippen LogP contribution in [0.1, 0.15) is 0 Å². The lowest BCUT2D eigenvalue weighted by molar-refractivity contribution is -0.398. The summed E-state index contributed by atoms with van der Waals surface area (Å²) in [6.07, 6.45) is -73.1. The molecule has 0 radical (unpaired) electrons. The molecule has 80 heavy (non-hydrogen) atoms. The van der Waals surface area contributed by atoms with Gasteiger partial charge in [-0.25, -0.2) is 0 Å². The number of rotatable bonds is 9. The zero-order valence-electron chi connectivity index (χ0n) is 42.1. The molecule has 21 saturated heterocycles. The topological polar surface area (TPSA) is 560 Å². The first-order valence-electron chi connectivity index (χ1n) is 25.4. The highest BCUT2D eigenvalue weighted by Gasteiger charge is 2.60. The molecule has 21 heterocycles. The number of carbonyl (C=O) groups is 1. The Morgan fingerprint density at radius 1 is 0.287 bits per heavy atom. The van der Waals surface area contributed by atoms with E-state index in [1.54, 1.807) is 0 Å². The number of hydrogen-bond acceptors (Lipinski definition) is 36. The van der Waals surface area contributed by atoms with Crippen LogP contribution in [0.3, 0.4) is 0 Å². The molecule has 0 spiro atoms. The summed E-state index contributed by atoms with van der Waals surface area (Å²) in [4.78, 5) is 12.4. The number of methoxy groups -OCH3 is 1. The van der Waals surface area contributed by atoms with Gasteiger partial charge in [-0.2, -0.15) is 0 Å². The molecular weight excluding hydrogens is 1100 g/mol. The third-order valence-corrected chi connectivity index (χ3v) is 15.3. The molecule has 21 fully saturated rings. The molecule has 0 saturated carbocycles. The lowest BCUT2D eigenvalue weighted by Gasteiger charge is -2.50. The predicted molar refractivity (Wildman–Crippen MR) is 238 cm³/mol. The van der Waals surface area contributed by atoms with E-state index in [4.69, 9.17) is 71.1 Å². The molecule has 464 valence electrons. The first-order chi connectivity index (χ1) is 38.1. The lowest BCUT2D eigenvalue weighted by atomic mass is 9.93. The second kappa shape index (κ2) is 27.3. The SMILES string of the molecule is CO[C@H](C=O)[C@H]1O[C@@H]2O[C@H]3[C@H](O)[C@@H](O)[C@@H](O[C@H]4[C@H](O)[C@@H](O)[C@@H](O[C@H]5[C@H](O)[C@@H](O)[C@@H](O[C@H]6[C@H](O)[C@@H](O)[C@@H](O[C@H]7[C@H](O)[C@@H](O)[C@@H](O[C@H]8[C@H](O)[C@@H](O)[C@@H](O[C@H]1[C@H](O)[C@H]2O)O[C@@H]8CO)O[C@@H]7CO)O[C@@H]6CO)O[C@@H]5CO)O[C@@H]4CO)O[C@@H]3CO. The van der Waals surface area contributed by atoms with Crippen LogP contribution < -0.4 is 0 Å². The van der Waals surface area contributed by atoms with Gasteiger partial charge in [0.1, 0.15) is 177 Å². The van der Waals surface area contributed by atoms with Crippen LogP contribution in [0.25, 0.3) is 0 Å². The molecule has 0 aromatic carbocycles. The minimum atomic E-state index is -2.28. The molecule has 14 bridgehead atoms. The third-order valence-electron chi connectivity index (χ3n) is 15.3. The van der Waals surface area contributed by atoms with Gasteiger partial charge in [-0.05, 0) is 0 Å². The Morgan fingerprint density at radius 3 is 0.637 bits per heavy atom. The van der Waals surface area contributed by atoms with Crippen molar-refractivity contribution in [2.24, 2.45) is 0 Å². The van der Waals surface area contributed by atoms with Gasteiger partial charge >= 0.3 is 0 Å². The molecule has 21 rings (SSSR count). The fourth-order valence-corrected chi connectivity index (χ4v) is 10.7. The quantitative estimate of drug-likeness (QED) is 0.0953. The van der Waals surface area contributed by atoms with Crippen molar-refractivity contribution in [2.45, 2.75) is 221 Å². The fourth-order valence-electron chi connectivity index (χ4n) is 10.7. The van der Waals surface area contributed by atoms with Crippen molar-refractivity contribution in [3.63, 3.8) is 0 Å². The summed E-state index contributed by atoms with van der Waals surface area (Å²) < 4.78 is 85.2. The molecule has 0 aliphatic carbocycles. The van der Waals surface area contributed by atoms with Crippen LogP contribution in [0.4, 0.5) is 0 Å². The highest BCUT2D eigenvalue weighted by Crippen LogP contribution is 2.39. The Bertz CT molecular complexity index is 1920. The minimum absolute atomic E-state index is 0.157. The number of aliphatic hydroxyl groups is 20. The van der Waals surface area contributed by atoms with E-state index in [-0.39, 0.29) is 6.29 Å². The van der Waals surface area contributed by atoms with Crippen molar-refractivity contribution in [1.82, 2.24) is 0 Å². The van der Waals surface area contributed by atoms with Crippen LogP contribution in [-0.4, -0.2) is 376 Å². The van der Waals surface area contributed by atoms with Crippen LogP contribution >= 0.6 is 0 Å². The molecule has 36 atom stereocenters. The van der Waals surface area contributed by atoms with Crippen molar-refractivity contribution in [3.05, 3.63) is 0 Å². The molecule has 0 aromatic rings. The maximum Gasteiger partial charge on any atom is 0.187 e. The maximum absolute atomic E-state index is 12.4. The van der Waals surface area contributed by atoms with Crippen molar-refractivity contribution < 1.29 is 178 Å². The second-order valence-electron chi connectivity index (χ2n) is 20.2. The Kier molecular flexibility index (Phi) is 21.9. The Balaban J connectivity index is 1.10. The monoisotopic (exact) mass is 1180 g/mol. The first kappa shape index (κ1) is 64.3. The molecule has 36 heteroatoms. The van der Waals surface area contributed by atoms with Crippen molar-refractivity contribution in [2.75, 3.05) is 46.8 Å². The highest BCUT2D eigenvalue weighted by molar-refractivity contribution is 5.57. The average molecular weight is 1180 g/mol. The van der Waals surface area contributed by atoms with E-state index in [2.05, 4.69) is 0 Å². The summed E-state index contributed by atoms with van der Waals surface area (Å²) >= 11 is 0. The maximum atomic E-state index is 12.4. The van der Waals surface area contributed by atoms with Crippen molar-refractivity contribution in [1.29, 1.82) is 0 Å². The Hall–Kier alpha value is -1.73. The van der Waals surface area contributed by atoms with Crippen molar-refractivity contribution >= 4 is 6.29 Å². The normalized spacial score (nSPS) is 54.1. The van der Waals surface area contributed by atoms with Gasteiger partial charge in [-0.3, -0.25) is 0 Å². The zero-order chi connectivity index (χ0) is 58.3. The number of aliphatic hydroxyl groups excluding tert-OH is 20. The van der Waals surface area contributed by atoms with E-state index >= 15 is 0 Å². The lowest BCUT2D eigenvalue weighted by Crippen LogP contribution is -2.69. The molecular formula is C44H72O36. The second-order valence-corrected chi connectivity index (χ2v) is 20.2. The van der Waals surface area contributed by atoms with Gasteiger partial charge in [0.2, 0.25) is 0 Å². The molecule has 0 aromatic heterocycles. The summed E-state index contributed by atoms with van der Waals surface area (Å²) in [5.41, 5.74) is 0. The smallest absolute Gasteiger partial charge is 0.187 e. The van der Waals surface area contributed by atoms with Crippen LogP contribution in [0, 0.1) is 0 Å². The Labute approximate surface area is 451 Å². The average Bonchev–Trinajstić information content (AvgIpc) is 3.58. The summed E-state index contributed by atoms with van der Waals surface area (Å²) in [5.74, 6) is 0. The molecule has 36 nitrogen and oxygen atoms in total. The first-order valence-corrected chi connectivity index (χ1v) is 25.4. The van der Waals surface area contributed by atoms with Crippen LogP contribution in [0.15, 0.2) is 0 Å². The van der Waals surface area contributed by atoms with Gasteiger partial charge in [0.25, 0.3) is 0 Å². The summed E-state index contributed by atoms with van der Waals surface area (Å²) in [6.45, 7) is -6.39. The summed E-state index contributed by atoms with van der Waals surface area (Å²) in [5, 5.41) is 221. The van der Waals surface area contributed by atoms with Crippen LogP contribution in [0.2, 0.25) is 0 Å². The number of aldehydes is 1. The fraction of sp³-hybridized carbons (Fsp3) is 0.977. The van der Waals surface area contributed by atoms with E-state index < -0.39 is 261 Å². The molecule has 21 aliphatic heterocycles. The minimum Gasteiger partial charge on any atom is -0.394 e. The predicted octanol–water partition coefficient (Wildman–Crippen LogP) is -15.0. The zero-order valence-corrected chi connectivity index (χ0v) is 42.1. The van der Waals surface area contributed by atoms with E-state index in [1.165, 1.54) is 0 Å². The summed E-state index contributed by atoms with van der Waals surface area (Å²) in [6, 6.07) is 0. The highest BCUT2D eigenvalue weighted by atomic mass is 16.8. The number of ether oxygens (including phenoxy) is 15. The van der Waals surface area contributed by atoms with E-state index in [1.807, 2.05) is 0 Å². The standard InChI is InChI=1S/C44H72O36/c1-66-9(2-45)36-37-22(58)29(65)44(79-36)78-35-15(8-51)71-42(27(63)20(35)56)76-33-13(6-49)69-40(25(61)18(33)54)74-31-11(4-47)67-38(23(59)16(31)52)73-30-10(3-46)68-39(24(60)17(30)53)75-32-12(5-48)70-41(26(62)19(32)55)77-34-14(7-50)72-43(80-37)28(64)21(34)57/h2,9-44,46-65H,3-8H2,1H3/t9-,10-,11-,12-,13-,14-,15-,16-,17-,18-,19-,20-,21-,22-,23-,24-,25-,26-,27-,28-,29-,30-,31-,32-,33-,34-,35-,36-,37+,38-,39-,40-,41-,42-,43-,44+/m1/s1. The van der Waals surface area contributed by atoms with Gasteiger partial charge < -0.3 is 178 Å². The van der Waals surface area contributed by atoms with Crippen LogP contribution in [0.5, 0.6) is 0 Å². The van der Waals surface area contributed by atoms with Gasteiger partial charge in [-0.15, -0.1) is 0 Å². The Morgan fingerprint density at radius 2 is 0.463 bits per heavy atom. The third kappa shape index (κ3) is 12.5. The van der Waals surface area contributed by atoms with Gasteiger partial charge in [0, 0.05) is 7.11 Å². The number of hydrogen-bond donors (Lipinski definition) is 20. The van der Waals surface area contributed by atoms with Gasteiger partial charge in [0.05, 0.1) is 39.6 Å². The van der Waals surface area contributed by atoms with Gasteiger partial charge in [-0.1, -0.05) is 0 Å². The van der Waals surface area contributed by atoms with Crippen molar-refractivity contribution in [3.8, 4) is 0 Å². The molecule has 21 aliphatic rings. The molecule has 20 N–H and O–H groups in total. The summed E-state index contributed by atoms with van der Waals surface area (Å²) in [7, 11) is 1.01. The van der Waals surface area contributed by atoms with Crippen LogP contribution in [-0.2, 0) is 75.8 Å². The van der Waals surface area contributed by atoms with E-state index in [0.29, 0.717) is 0 Å².